The first-order valence-electron chi connectivity index (χ1n) is 6.98. The van der Waals surface area contributed by atoms with E-state index in [1.807, 2.05) is 13.0 Å². The Bertz CT molecular complexity index is 441. The molecular weight excluding hydrogens is 228 g/mol. The summed E-state index contributed by atoms with van der Waals surface area (Å²) >= 11 is 0. The first-order chi connectivity index (χ1) is 8.34. The van der Waals surface area contributed by atoms with Crippen molar-refractivity contribution >= 4 is 5.97 Å². The minimum absolute atomic E-state index is 0.0348. The van der Waals surface area contributed by atoms with E-state index in [0.29, 0.717) is 17.4 Å². The lowest BCUT2D eigenvalue weighted by Gasteiger charge is -2.44. The second kappa shape index (κ2) is 3.38. The second-order valence-electron chi connectivity index (χ2n) is 6.85. The van der Waals surface area contributed by atoms with Crippen LogP contribution < -0.4 is 0 Å². The highest BCUT2D eigenvalue weighted by Gasteiger charge is 2.70. The Hall–Kier alpha value is -0.830. The first kappa shape index (κ1) is 12.2. The second-order valence-corrected chi connectivity index (χ2v) is 6.85. The van der Waals surface area contributed by atoms with E-state index >= 15 is 0 Å². The molecule has 1 spiro atoms. The molecule has 3 heteroatoms. The van der Waals surface area contributed by atoms with Gasteiger partial charge in [0, 0.05) is 11.0 Å². The van der Waals surface area contributed by atoms with Crippen molar-refractivity contribution < 1.29 is 15.0 Å². The Morgan fingerprint density at radius 3 is 2.72 bits per heavy atom. The molecule has 100 valence electrons. The molecule has 0 heterocycles. The Morgan fingerprint density at radius 1 is 1.44 bits per heavy atom. The van der Waals surface area contributed by atoms with Gasteiger partial charge in [-0.3, -0.25) is 0 Å². The average molecular weight is 250 g/mol. The normalized spacial score (nSPS) is 54.1. The van der Waals surface area contributed by atoms with E-state index in [9.17, 15) is 15.0 Å². The summed E-state index contributed by atoms with van der Waals surface area (Å²) in [6.07, 6.45) is 4.57. The fourth-order valence-corrected chi connectivity index (χ4v) is 5.70. The minimum atomic E-state index is -0.807. The van der Waals surface area contributed by atoms with Gasteiger partial charge < -0.3 is 10.2 Å². The van der Waals surface area contributed by atoms with Crippen LogP contribution in [0.2, 0.25) is 0 Å². The molecule has 3 nitrogen and oxygen atoms in total. The van der Waals surface area contributed by atoms with Crippen molar-refractivity contribution in [3.63, 3.8) is 0 Å². The van der Waals surface area contributed by atoms with Crippen molar-refractivity contribution in [2.45, 2.75) is 46.1 Å². The van der Waals surface area contributed by atoms with Crippen LogP contribution in [0.1, 0.15) is 40.0 Å². The fraction of sp³-hybridized carbons (Fsp3) is 0.800. The molecule has 0 bridgehead atoms. The van der Waals surface area contributed by atoms with Crippen LogP contribution in [0.25, 0.3) is 0 Å². The number of carboxylic acid groups (broad SMARTS) is 1. The van der Waals surface area contributed by atoms with Crippen LogP contribution in [0.5, 0.6) is 0 Å². The van der Waals surface area contributed by atoms with Gasteiger partial charge in [-0.15, -0.1) is 0 Å². The van der Waals surface area contributed by atoms with Crippen LogP contribution in [0.4, 0.5) is 0 Å². The van der Waals surface area contributed by atoms with E-state index in [1.165, 1.54) is 0 Å². The zero-order valence-electron chi connectivity index (χ0n) is 11.3. The van der Waals surface area contributed by atoms with Gasteiger partial charge in [-0.1, -0.05) is 26.8 Å². The molecule has 0 aliphatic heterocycles. The van der Waals surface area contributed by atoms with Gasteiger partial charge in [0.1, 0.15) is 0 Å². The first-order valence-corrected chi connectivity index (χ1v) is 6.98. The number of aliphatic hydroxyl groups is 1. The van der Waals surface area contributed by atoms with E-state index in [2.05, 4.69) is 13.8 Å². The molecule has 18 heavy (non-hydrogen) atoms. The van der Waals surface area contributed by atoms with E-state index in [4.69, 9.17) is 0 Å². The summed E-state index contributed by atoms with van der Waals surface area (Å²) in [5.41, 5.74) is 0.171. The highest BCUT2D eigenvalue weighted by atomic mass is 16.4. The molecular formula is C15H22O3. The lowest BCUT2D eigenvalue weighted by Crippen LogP contribution is -2.46. The van der Waals surface area contributed by atoms with E-state index < -0.39 is 5.97 Å². The van der Waals surface area contributed by atoms with Gasteiger partial charge in [-0.2, -0.15) is 0 Å². The minimum Gasteiger partial charge on any atom is -0.478 e. The van der Waals surface area contributed by atoms with Crippen molar-refractivity contribution in [2.75, 3.05) is 0 Å². The van der Waals surface area contributed by atoms with Gasteiger partial charge in [-0.05, 0) is 42.4 Å². The maximum atomic E-state index is 11.4. The number of carbonyl (C=O) groups is 1. The number of rotatable bonds is 1. The molecule has 3 aliphatic rings. The lowest BCUT2D eigenvalue weighted by molar-refractivity contribution is -0.134. The summed E-state index contributed by atoms with van der Waals surface area (Å²) in [5, 5.41) is 20.0. The Morgan fingerprint density at radius 2 is 2.11 bits per heavy atom. The lowest BCUT2D eigenvalue weighted by atomic mass is 9.60. The largest absolute Gasteiger partial charge is 0.478 e. The Balaban J connectivity index is 2.15. The van der Waals surface area contributed by atoms with Crippen molar-refractivity contribution in [3.05, 3.63) is 11.6 Å². The molecule has 3 rings (SSSR count). The molecule has 0 aromatic rings. The highest BCUT2D eigenvalue weighted by Crippen LogP contribution is 2.73. The molecule has 0 aromatic heterocycles. The van der Waals surface area contributed by atoms with Crippen LogP contribution in [0.15, 0.2) is 11.6 Å². The molecule has 0 amide bonds. The predicted octanol–water partition coefficient (Wildman–Crippen LogP) is 2.45. The third kappa shape index (κ3) is 1.08. The van der Waals surface area contributed by atoms with Crippen molar-refractivity contribution in [2.24, 2.45) is 28.6 Å². The third-order valence-corrected chi connectivity index (χ3v) is 6.31. The topological polar surface area (TPSA) is 57.5 Å². The molecule has 6 atom stereocenters. The fourth-order valence-electron chi connectivity index (χ4n) is 5.70. The SMILES string of the molecule is C[C@@H]1C(C(=O)O)=C[C@@]2(C)CC[C@@H]3[C@@H](C)C[C@H](O)[C@@]132. The van der Waals surface area contributed by atoms with Gasteiger partial charge in [0.2, 0.25) is 0 Å². The molecule has 2 fully saturated rings. The van der Waals surface area contributed by atoms with Crippen LogP contribution in [0, 0.1) is 28.6 Å². The smallest absolute Gasteiger partial charge is 0.331 e. The summed E-state index contributed by atoms with van der Waals surface area (Å²) < 4.78 is 0. The van der Waals surface area contributed by atoms with Crippen LogP contribution in [0.3, 0.4) is 0 Å². The molecule has 0 unspecified atom stereocenters. The predicted molar refractivity (Wildman–Crippen MR) is 67.9 cm³/mol. The van der Waals surface area contributed by atoms with Gasteiger partial charge in [0.05, 0.1) is 6.10 Å². The Labute approximate surface area is 108 Å². The number of aliphatic hydroxyl groups excluding tert-OH is 1. The summed E-state index contributed by atoms with van der Waals surface area (Å²) in [4.78, 5) is 11.4. The number of carboxylic acids is 1. The maximum Gasteiger partial charge on any atom is 0.331 e. The standard InChI is InChI=1S/C15H22O3/c1-8-6-12(16)15-9(2)10(13(17)18)7-14(15,3)5-4-11(8)15/h7-9,11-12,16H,4-6H2,1-3H3,(H,17,18)/t8-,9+,11+,12-,14+,15+/m0/s1. The van der Waals surface area contributed by atoms with Gasteiger partial charge in [-0.25, -0.2) is 4.79 Å². The van der Waals surface area contributed by atoms with Crippen LogP contribution in [-0.4, -0.2) is 22.3 Å². The number of aliphatic carboxylic acids is 1. The average Bonchev–Trinajstić information content (AvgIpc) is 2.79. The van der Waals surface area contributed by atoms with Crippen molar-refractivity contribution in [1.29, 1.82) is 0 Å². The summed E-state index contributed by atoms with van der Waals surface area (Å²) in [7, 11) is 0. The molecule has 0 radical (unpaired) electrons. The monoisotopic (exact) mass is 250 g/mol. The highest BCUT2D eigenvalue weighted by molar-refractivity contribution is 5.88. The van der Waals surface area contributed by atoms with E-state index in [-0.39, 0.29) is 22.9 Å². The van der Waals surface area contributed by atoms with Gasteiger partial charge >= 0.3 is 5.97 Å². The maximum absolute atomic E-state index is 11.4. The molecule has 2 saturated carbocycles. The Kier molecular flexibility index (Phi) is 2.30. The third-order valence-electron chi connectivity index (χ3n) is 6.31. The van der Waals surface area contributed by atoms with Crippen molar-refractivity contribution in [1.82, 2.24) is 0 Å². The van der Waals surface area contributed by atoms with Crippen LogP contribution >= 0.6 is 0 Å². The summed E-state index contributed by atoms with van der Waals surface area (Å²) in [5.74, 6) is 0.136. The quantitative estimate of drug-likeness (QED) is 0.751. The number of allylic oxidation sites excluding steroid dienone is 1. The van der Waals surface area contributed by atoms with Crippen molar-refractivity contribution in [3.8, 4) is 0 Å². The number of hydrogen-bond donors (Lipinski definition) is 2. The van der Waals surface area contributed by atoms with Crippen LogP contribution in [-0.2, 0) is 4.79 Å². The zero-order valence-corrected chi connectivity index (χ0v) is 11.3. The van der Waals surface area contributed by atoms with E-state index in [1.54, 1.807) is 0 Å². The van der Waals surface area contributed by atoms with Gasteiger partial charge in [0.25, 0.3) is 0 Å². The molecule has 0 aromatic carbocycles. The molecule has 2 N–H and O–H groups in total. The zero-order chi connectivity index (χ0) is 13.3. The van der Waals surface area contributed by atoms with E-state index in [0.717, 1.165) is 19.3 Å². The van der Waals surface area contributed by atoms with Gasteiger partial charge in [0.15, 0.2) is 0 Å². The summed E-state index contributed by atoms with van der Waals surface area (Å²) in [6, 6.07) is 0. The molecule has 3 aliphatic carbocycles. The summed E-state index contributed by atoms with van der Waals surface area (Å²) in [6.45, 7) is 6.37. The molecule has 0 saturated heterocycles. The number of hydrogen-bond acceptors (Lipinski definition) is 2.